The number of morpholine rings is 1. The second-order valence-electron chi connectivity index (χ2n) is 7.96. The maximum absolute atomic E-state index is 13.0. The van der Waals surface area contributed by atoms with Crippen molar-refractivity contribution in [3.05, 3.63) is 35.9 Å². The van der Waals surface area contributed by atoms with E-state index >= 15 is 0 Å². The number of nitrogens with zero attached hydrogens (tertiary/aromatic N) is 2. The lowest BCUT2D eigenvalue weighted by molar-refractivity contribution is -0.142. The van der Waals surface area contributed by atoms with Crippen LogP contribution in [0.5, 0.6) is 0 Å². The molecule has 9 nitrogen and oxygen atoms in total. The lowest BCUT2D eigenvalue weighted by Crippen LogP contribution is -2.41. The molecular weight excluding hydrogens is 422 g/mol. The number of carbonyl (C=O) groups is 3. The van der Waals surface area contributed by atoms with Crippen molar-refractivity contribution in [3.8, 4) is 0 Å². The zero-order valence-electron chi connectivity index (χ0n) is 17.2. The summed E-state index contributed by atoms with van der Waals surface area (Å²) in [6, 6.07) is 4.63. The molecule has 0 unspecified atom stereocenters. The van der Waals surface area contributed by atoms with Crippen molar-refractivity contribution >= 4 is 33.4 Å². The molecule has 3 amide bonds. The normalized spacial score (nSPS) is 24.4. The van der Waals surface area contributed by atoms with E-state index in [9.17, 15) is 22.8 Å². The summed E-state index contributed by atoms with van der Waals surface area (Å²) in [4.78, 5) is 38.8. The van der Waals surface area contributed by atoms with Gasteiger partial charge in [0.2, 0.25) is 27.7 Å². The van der Waals surface area contributed by atoms with Crippen molar-refractivity contribution in [3.63, 3.8) is 0 Å². The Hall–Kier alpha value is -2.56. The van der Waals surface area contributed by atoms with Gasteiger partial charge in [0.05, 0.1) is 29.9 Å². The van der Waals surface area contributed by atoms with Crippen LogP contribution in [0.1, 0.15) is 18.4 Å². The number of anilines is 1. The summed E-state index contributed by atoms with van der Waals surface area (Å²) >= 11 is 0. The Morgan fingerprint density at radius 3 is 2.32 bits per heavy atom. The molecule has 1 aliphatic carbocycles. The van der Waals surface area contributed by atoms with E-state index in [-0.39, 0.29) is 36.3 Å². The standard InChI is InChI=1S/C21H25N3O6S/c1-14-6-7-15(12-18(14)31(28,29)23-8-10-30-11-9-23)22-19(25)13-24-20(26)16-4-2-3-5-17(16)21(24)27/h2-3,6-7,12,16-17H,4-5,8-11,13H2,1H3,(H,22,25)/t16-,17-/m1/s1. The van der Waals surface area contributed by atoms with Crippen LogP contribution in [0, 0.1) is 18.8 Å². The summed E-state index contributed by atoms with van der Waals surface area (Å²) < 4.78 is 32.6. The molecule has 4 rings (SSSR count). The average molecular weight is 448 g/mol. The first kappa shape index (κ1) is 21.7. The number of carbonyl (C=O) groups excluding carboxylic acids is 3. The smallest absolute Gasteiger partial charge is 0.244 e. The third-order valence-electron chi connectivity index (χ3n) is 5.96. The highest BCUT2D eigenvalue weighted by Crippen LogP contribution is 2.35. The molecule has 0 saturated carbocycles. The summed E-state index contributed by atoms with van der Waals surface area (Å²) in [5.41, 5.74) is 0.853. The number of allylic oxidation sites excluding steroid dienone is 2. The number of ether oxygens (including phenoxy) is 1. The quantitative estimate of drug-likeness (QED) is 0.530. The summed E-state index contributed by atoms with van der Waals surface area (Å²) in [7, 11) is -3.73. The number of amides is 3. The third kappa shape index (κ3) is 4.15. The number of benzene rings is 1. The first-order valence-corrected chi connectivity index (χ1v) is 11.7. The van der Waals surface area contributed by atoms with Gasteiger partial charge in [-0.2, -0.15) is 4.31 Å². The summed E-state index contributed by atoms with van der Waals surface area (Å²) in [6.07, 6.45) is 4.79. The van der Waals surface area contributed by atoms with Gasteiger partial charge < -0.3 is 10.1 Å². The SMILES string of the molecule is Cc1ccc(NC(=O)CN2C(=O)[C@@H]3CC=CC[C@H]3C2=O)cc1S(=O)(=O)N1CCOCC1. The van der Waals surface area contributed by atoms with E-state index in [0.717, 1.165) is 4.90 Å². The van der Waals surface area contributed by atoms with E-state index in [1.54, 1.807) is 19.1 Å². The number of hydrogen-bond acceptors (Lipinski definition) is 6. The van der Waals surface area contributed by atoms with Gasteiger partial charge in [-0.05, 0) is 37.5 Å². The fourth-order valence-electron chi connectivity index (χ4n) is 4.25. The summed E-state index contributed by atoms with van der Waals surface area (Å²) in [5.74, 6) is -1.99. The maximum atomic E-state index is 13.0. The third-order valence-corrected chi connectivity index (χ3v) is 8.00. The Morgan fingerprint density at radius 1 is 1.10 bits per heavy atom. The van der Waals surface area contributed by atoms with Crippen LogP contribution in [0.15, 0.2) is 35.2 Å². The van der Waals surface area contributed by atoms with Gasteiger partial charge in [-0.25, -0.2) is 8.42 Å². The Morgan fingerprint density at radius 2 is 1.71 bits per heavy atom. The van der Waals surface area contributed by atoms with E-state index in [4.69, 9.17) is 4.74 Å². The maximum Gasteiger partial charge on any atom is 0.244 e. The molecule has 2 fully saturated rings. The first-order chi connectivity index (χ1) is 14.8. The van der Waals surface area contributed by atoms with Gasteiger partial charge in [0, 0.05) is 18.8 Å². The monoisotopic (exact) mass is 447 g/mol. The first-order valence-electron chi connectivity index (χ1n) is 10.3. The minimum atomic E-state index is -3.73. The van der Waals surface area contributed by atoms with Crippen LogP contribution in [0.3, 0.4) is 0 Å². The van der Waals surface area contributed by atoms with Crippen molar-refractivity contribution in [2.45, 2.75) is 24.7 Å². The molecule has 10 heteroatoms. The van der Waals surface area contributed by atoms with Gasteiger partial charge in [-0.1, -0.05) is 18.2 Å². The molecule has 3 aliphatic rings. The molecule has 2 atom stereocenters. The minimum Gasteiger partial charge on any atom is -0.379 e. The molecule has 166 valence electrons. The lowest BCUT2D eigenvalue weighted by Gasteiger charge is -2.27. The lowest BCUT2D eigenvalue weighted by atomic mass is 9.85. The van der Waals surface area contributed by atoms with Crippen molar-refractivity contribution < 1.29 is 27.5 Å². The van der Waals surface area contributed by atoms with E-state index in [1.165, 1.54) is 10.4 Å². The van der Waals surface area contributed by atoms with Crippen LogP contribution in [0.25, 0.3) is 0 Å². The molecule has 1 aromatic carbocycles. The molecule has 31 heavy (non-hydrogen) atoms. The number of nitrogens with one attached hydrogen (secondary N) is 1. The number of likely N-dealkylation sites (tertiary alicyclic amines) is 1. The molecular formula is C21H25N3O6S. The van der Waals surface area contributed by atoms with Gasteiger partial charge in [-0.15, -0.1) is 0 Å². The average Bonchev–Trinajstić information content (AvgIpc) is 3.00. The zero-order chi connectivity index (χ0) is 22.2. The van der Waals surface area contributed by atoms with Gasteiger partial charge in [0.15, 0.2) is 0 Å². The molecule has 2 aliphatic heterocycles. The number of fused-ring (bicyclic) bond motifs is 1. The minimum absolute atomic E-state index is 0.109. The second-order valence-corrected chi connectivity index (χ2v) is 9.87. The molecule has 1 aromatic rings. The van der Waals surface area contributed by atoms with Crippen molar-refractivity contribution in [1.29, 1.82) is 0 Å². The van der Waals surface area contributed by atoms with Crippen LogP contribution in [-0.2, 0) is 29.1 Å². The fraction of sp³-hybridized carbons (Fsp3) is 0.476. The number of sulfonamides is 1. The number of aryl methyl sites for hydroxylation is 1. The van der Waals surface area contributed by atoms with Crippen LogP contribution in [0.4, 0.5) is 5.69 Å². The van der Waals surface area contributed by atoms with Gasteiger partial charge >= 0.3 is 0 Å². The number of imide groups is 1. The van der Waals surface area contributed by atoms with E-state index < -0.39 is 27.8 Å². The predicted molar refractivity (Wildman–Crippen MR) is 111 cm³/mol. The molecule has 1 N–H and O–H groups in total. The van der Waals surface area contributed by atoms with Crippen molar-refractivity contribution in [1.82, 2.24) is 9.21 Å². The summed E-state index contributed by atoms with van der Waals surface area (Å²) in [5, 5.41) is 2.63. The molecule has 0 radical (unpaired) electrons. The fourth-order valence-corrected chi connectivity index (χ4v) is 5.91. The second kappa shape index (κ2) is 8.52. The van der Waals surface area contributed by atoms with Gasteiger partial charge in [0.25, 0.3) is 0 Å². The van der Waals surface area contributed by atoms with E-state index in [2.05, 4.69) is 5.32 Å². The van der Waals surface area contributed by atoms with Crippen LogP contribution >= 0.6 is 0 Å². The van der Waals surface area contributed by atoms with Crippen molar-refractivity contribution in [2.75, 3.05) is 38.2 Å². The molecule has 0 spiro atoms. The molecule has 2 heterocycles. The summed E-state index contributed by atoms with van der Waals surface area (Å²) in [6.45, 7) is 2.53. The van der Waals surface area contributed by atoms with Crippen LogP contribution < -0.4 is 5.32 Å². The van der Waals surface area contributed by atoms with Gasteiger partial charge in [0.1, 0.15) is 6.54 Å². The molecule has 0 bridgehead atoms. The highest BCUT2D eigenvalue weighted by atomic mass is 32.2. The van der Waals surface area contributed by atoms with E-state index in [1.807, 2.05) is 12.2 Å². The Bertz CT molecular complexity index is 1020. The van der Waals surface area contributed by atoms with Crippen LogP contribution in [-0.4, -0.2) is 68.2 Å². The Kier molecular flexibility index (Phi) is 5.96. The topological polar surface area (TPSA) is 113 Å². The van der Waals surface area contributed by atoms with Crippen molar-refractivity contribution in [2.24, 2.45) is 11.8 Å². The molecule has 2 saturated heterocycles. The molecule has 0 aromatic heterocycles. The van der Waals surface area contributed by atoms with Crippen LogP contribution in [0.2, 0.25) is 0 Å². The highest BCUT2D eigenvalue weighted by Gasteiger charge is 2.47. The Labute approximate surface area is 181 Å². The predicted octanol–water partition coefficient (Wildman–Crippen LogP) is 0.906. The van der Waals surface area contributed by atoms with E-state index in [0.29, 0.717) is 37.3 Å². The largest absolute Gasteiger partial charge is 0.379 e. The number of hydrogen-bond donors (Lipinski definition) is 1. The highest BCUT2D eigenvalue weighted by molar-refractivity contribution is 7.89. The Balaban J connectivity index is 1.47. The zero-order valence-corrected chi connectivity index (χ0v) is 18.1. The number of rotatable bonds is 5. The van der Waals surface area contributed by atoms with Gasteiger partial charge in [-0.3, -0.25) is 19.3 Å².